The summed E-state index contributed by atoms with van der Waals surface area (Å²) >= 11 is 0. The summed E-state index contributed by atoms with van der Waals surface area (Å²) in [6, 6.07) is 14.4. The van der Waals surface area contributed by atoms with Gasteiger partial charge in [0.2, 0.25) is 5.91 Å². The van der Waals surface area contributed by atoms with Gasteiger partial charge in [-0.2, -0.15) is 9.78 Å². The number of benzene rings is 2. The van der Waals surface area contributed by atoms with E-state index in [9.17, 15) is 18.8 Å². The Labute approximate surface area is 159 Å². The molecule has 2 N–H and O–H groups in total. The Morgan fingerprint density at radius 3 is 2.36 bits per heavy atom. The fourth-order valence-electron chi connectivity index (χ4n) is 2.42. The summed E-state index contributed by atoms with van der Waals surface area (Å²) in [7, 11) is 0. The standard InChI is InChI=1S/C20H17FN4O3/c1-2-18(26)22-14-4-3-5-15(12-14)23-20(28)17-10-11-19(27)25(24-17)16-8-6-13(21)7-9-16/h3-12H,2H2,1H3,(H,22,26)(H,23,28). The van der Waals surface area contributed by atoms with Gasteiger partial charge in [-0.15, -0.1) is 0 Å². The van der Waals surface area contributed by atoms with Crippen LogP contribution in [0.25, 0.3) is 5.69 Å². The van der Waals surface area contributed by atoms with E-state index in [0.29, 0.717) is 23.5 Å². The number of nitrogens with zero attached hydrogens (tertiary/aromatic N) is 2. The van der Waals surface area contributed by atoms with Crippen molar-refractivity contribution in [2.24, 2.45) is 0 Å². The molecule has 0 aliphatic carbocycles. The summed E-state index contributed by atoms with van der Waals surface area (Å²) in [6.45, 7) is 1.74. The van der Waals surface area contributed by atoms with Crippen molar-refractivity contribution in [1.82, 2.24) is 9.78 Å². The van der Waals surface area contributed by atoms with Crippen molar-refractivity contribution in [3.63, 3.8) is 0 Å². The molecule has 0 spiro atoms. The lowest BCUT2D eigenvalue weighted by Crippen LogP contribution is -2.24. The zero-order chi connectivity index (χ0) is 20.1. The molecule has 0 aliphatic rings. The summed E-state index contributed by atoms with van der Waals surface area (Å²) in [5.74, 6) is -1.12. The third-order valence-electron chi connectivity index (χ3n) is 3.83. The van der Waals surface area contributed by atoms with Crippen molar-refractivity contribution in [2.45, 2.75) is 13.3 Å². The number of nitrogens with one attached hydrogen (secondary N) is 2. The number of hydrogen-bond acceptors (Lipinski definition) is 4. The molecule has 0 saturated carbocycles. The number of aromatic nitrogens is 2. The van der Waals surface area contributed by atoms with E-state index < -0.39 is 17.3 Å². The van der Waals surface area contributed by atoms with Crippen molar-refractivity contribution in [3.05, 3.63) is 82.5 Å². The van der Waals surface area contributed by atoms with Gasteiger partial charge in [-0.3, -0.25) is 14.4 Å². The lowest BCUT2D eigenvalue weighted by molar-refractivity contribution is -0.115. The third kappa shape index (κ3) is 4.47. The molecule has 0 atom stereocenters. The van der Waals surface area contributed by atoms with E-state index >= 15 is 0 Å². The molecule has 3 rings (SSSR count). The molecule has 142 valence electrons. The van der Waals surface area contributed by atoms with E-state index in [-0.39, 0.29) is 11.6 Å². The zero-order valence-electron chi connectivity index (χ0n) is 15.0. The van der Waals surface area contributed by atoms with E-state index in [1.54, 1.807) is 31.2 Å². The van der Waals surface area contributed by atoms with Crippen LogP contribution in [0.2, 0.25) is 0 Å². The normalized spacial score (nSPS) is 10.4. The van der Waals surface area contributed by atoms with Gasteiger partial charge in [-0.05, 0) is 48.5 Å². The Bertz CT molecular complexity index is 1080. The van der Waals surface area contributed by atoms with E-state index in [0.717, 1.165) is 4.68 Å². The molecule has 0 radical (unpaired) electrons. The second-order valence-corrected chi connectivity index (χ2v) is 5.88. The molecule has 2 aromatic carbocycles. The molecular formula is C20H17FN4O3. The molecule has 2 amide bonds. The fourth-order valence-corrected chi connectivity index (χ4v) is 2.42. The minimum atomic E-state index is -0.533. The Morgan fingerprint density at radius 1 is 1.00 bits per heavy atom. The van der Waals surface area contributed by atoms with Crippen molar-refractivity contribution in [2.75, 3.05) is 10.6 Å². The largest absolute Gasteiger partial charge is 0.326 e. The highest BCUT2D eigenvalue weighted by atomic mass is 19.1. The molecule has 0 unspecified atom stereocenters. The number of rotatable bonds is 5. The average Bonchev–Trinajstić information content (AvgIpc) is 2.69. The van der Waals surface area contributed by atoms with Gasteiger partial charge in [0.15, 0.2) is 0 Å². The van der Waals surface area contributed by atoms with Crippen molar-refractivity contribution < 1.29 is 14.0 Å². The molecule has 28 heavy (non-hydrogen) atoms. The highest BCUT2D eigenvalue weighted by Crippen LogP contribution is 2.16. The quantitative estimate of drug-likeness (QED) is 0.712. The van der Waals surface area contributed by atoms with Crippen LogP contribution in [0.1, 0.15) is 23.8 Å². The molecule has 0 fully saturated rings. The van der Waals surface area contributed by atoms with Crippen LogP contribution in [0.5, 0.6) is 0 Å². The van der Waals surface area contributed by atoms with E-state index in [1.165, 1.54) is 36.4 Å². The molecule has 3 aromatic rings. The average molecular weight is 380 g/mol. The predicted octanol–water partition coefficient (Wildman–Crippen LogP) is 2.97. The first kappa shape index (κ1) is 19.0. The Hall–Kier alpha value is -3.81. The van der Waals surface area contributed by atoms with Crippen LogP contribution in [-0.4, -0.2) is 21.6 Å². The van der Waals surface area contributed by atoms with Crippen LogP contribution >= 0.6 is 0 Å². The summed E-state index contributed by atoms with van der Waals surface area (Å²) in [6.07, 6.45) is 0.339. The van der Waals surface area contributed by atoms with Gasteiger partial charge in [-0.1, -0.05) is 13.0 Å². The van der Waals surface area contributed by atoms with Crippen LogP contribution in [0.15, 0.2) is 65.5 Å². The Balaban J connectivity index is 1.83. The number of amides is 2. The molecule has 0 aliphatic heterocycles. The van der Waals surface area contributed by atoms with Crippen LogP contribution in [0.4, 0.5) is 15.8 Å². The maximum absolute atomic E-state index is 13.1. The summed E-state index contributed by atoms with van der Waals surface area (Å²) in [4.78, 5) is 36.1. The number of carbonyl (C=O) groups is 2. The smallest absolute Gasteiger partial charge is 0.276 e. The van der Waals surface area contributed by atoms with Crippen molar-refractivity contribution in [1.29, 1.82) is 0 Å². The molecule has 1 aromatic heterocycles. The van der Waals surface area contributed by atoms with Crippen molar-refractivity contribution >= 4 is 23.2 Å². The number of anilines is 2. The van der Waals surface area contributed by atoms with Crippen LogP contribution in [0, 0.1) is 5.82 Å². The molecular weight excluding hydrogens is 363 g/mol. The van der Waals surface area contributed by atoms with E-state index in [4.69, 9.17) is 0 Å². The zero-order valence-corrected chi connectivity index (χ0v) is 15.0. The van der Waals surface area contributed by atoms with Gasteiger partial charge in [0, 0.05) is 23.9 Å². The lowest BCUT2D eigenvalue weighted by atomic mass is 10.2. The lowest BCUT2D eigenvalue weighted by Gasteiger charge is -2.09. The monoisotopic (exact) mass is 380 g/mol. The minimum absolute atomic E-state index is 0.00641. The molecule has 0 saturated heterocycles. The maximum atomic E-state index is 13.1. The first-order valence-corrected chi connectivity index (χ1v) is 8.54. The topological polar surface area (TPSA) is 93.1 Å². The fraction of sp³-hybridized carbons (Fsp3) is 0.100. The summed E-state index contributed by atoms with van der Waals surface area (Å²) < 4.78 is 14.1. The Morgan fingerprint density at radius 2 is 1.68 bits per heavy atom. The van der Waals surface area contributed by atoms with Crippen molar-refractivity contribution in [3.8, 4) is 5.69 Å². The number of halogens is 1. The second kappa shape index (κ2) is 8.26. The van der Waals surface area contributed by atoms with Gasteiger partial charge < -0.3 is 10.6 Å². The Kier molecular flexibility index (Phi) is 5.59. The first-order chi connectivity index (χ1) is 13.5. The molecule has 8 heteroatoms. The molecule has 1 heterocycles. The van der Waals surface area contributed by atoms with E-state index in [2.05, 4.69) is 15.7 Å². The van der Waals surface area contributed by atoms with Gasteiger partial charge in [-0.25, -0.2) is 4.39 Å². The summed E-state index contributed by atoms with van der Waals surface area (Å²) in [5, 5.41) is 9.43. The number of carbonyl (C=O) groups excluding carboxylic acids is 2. The van der Waals surface area contributed by atoms with Gasteiger partial charge in [0.1, 0.15) is 11.5 Å². The van der Waals surface area contributed by atoms with Gasteiger partial charge >= 0.3 is 0 Å². The minimum Gasteiger partial charge on any atom is -0.326 e. The van der Waals surface area contributed by atoms with Crippen LogP contribution in [-0.2, 0) is 4.79 Å². The van der Waals surface area contributed by atoms with Gasteiger partial charge in [0.05, 0.1) is 5.69 Å². The molecule has 0 bridgehead atoms. The SMILES string of the molecule is CCC(=O)Nc1cccc(NC(=O)c2ccc(=O)n(-c3ccc(F)cc3)n2)c1. The van der Waals surface area contributed by atoms with Crippen LogP contribution in [0.3, 0.4) is 0 Å². The van der Waals surface area contributed by atoms with Crippen LogP contribution < -0.4 is 16.2 Å². The highest BCUT2D eigenvalue weighted by molar-refractivity contribution is 6.03. The van der Waals surface area contributed by atoms with Gasteiger partial charge in [0.25, 0.3) is 11.5 Å². The number of hydrogen-bond donors (Lipinski definition) is 2. The highest BCUT2D eigenvalue weighted by Gasteiger charge is 2.12. The second-order valence-electron chi connectivity index (χ2n) is 5.88. The first-order valence-electron chi connectivity index (χ1n) is 8.54. The maximum Gasteiger partial charge on any atom is 0.276 e. The van der Waals surface area contributed by atoms with E-state index in [1.807, 2.05) is 0 Å². The summed E-state index contributed by atoms with van der Waals surface area (Å²) in [5.41, 5.74) is 0.902. The molecule has 7 nitrogen and oxygen atoms in total. The third-order valence-corrected chi connectivity index (χ3v) is 3.83. The predicted molar refractivity (Wildman–Crippen MR) is 103 cm³/mol.